The predicted octanol–water partition coefficient (Wildman–Crippen LogP) is 0.940. The first-order valence-corrected chi connectivity index (χ1v) is 4.70. The van der Waals surface area contributed by atoms with E-state index < -0.39 is 11.5 Å². The summed E-state index contributed by atoms with van der Waals surface area (Å²) in [5.74, 6) is -1.23. The number of carbonyl (C=O) groups is 1. The van der Waals surface area contributed by atoms with Gasteiger partial charge in [0.2, 0.25) is 0 Å². The van der Waals surface area contributed by atoms with Gasteiger partial charge in [-0.25, -0.2) is 4.79 Å². The second-order valence-corrected chi connectivity index (χ2v) is 3.43. The molecule has 2 aromatic rings. The Balaban J connectivity index is 2.79. The smallest absolute Gasteiger partial charge is 0.341 e. The lowest BCUT2D eigenvalue weighted by molar-refractivity contribution is 0.0695. The van der Waals surface area contributed by atoms with E-state index in [4.69, 9.17) is 9.84 Å². The molecule has 0 saturated heterocycles. The highest BCUT2D eigenvalue weighted by Gasteiger charge is 2.12. The van der Waals surface area contributed by atoms with Crippen LogP contribution in [0.4, 0.5) is 0 Å². The molecule has 0 fully saturated rings. The zero-order valence-corrected chi connectivity index (χ0v) is 8.85. The number of aromatic amines is 1. The number of aromatic carboxylic acids is 1. The second kappa shape index (κ2) is 3.82. The average Bonchev–Trinajstić information content (AvgIpc) is 2.27. The Morgan fingerprint density at radius 3 is 2.65 bits per heavy atom. The monoisotopic (exact) mass is 235 g/mol. The molecule has 3 N–H and O–H groups in total. The zero-order chi connectivity index (χ0) is 12.6. The second-order valence-electron chi connectivity index (χ2n) is 3.43. The molecule has 0 amide bonds. The van der Waals surface area contributed by atoms with E-state index in [0.29, 0.717) is 10.9 Å². The van der Waals surface area contributed by atoms with E-state index >= 15 is 0 Å². The van der Waals surface area contributed by atoms with Crippen molar-refractivity contribution in [3.63, 3.8) is 0 Å². The van der Waals surface area contributed by atoms with Crippen LogP contribution in [0.3, 0.4) is 0 Å². The molecule has 0 aliphatic carbocycles. The number of nitrogens with one attached hydrogen (secondary N) is 1. The molecule has 2 rings (SSSR count). The lowest BCUT2D eigenvalue weighted by Crippen LogP contribution is -2.16. The Hall–Kier alpha value is -2.50. The van der Waals surface area contributed by atoms with Crippen LogP contribution in [0.1, 0.15) is 10.4 Å². The molecule has 0 unspecified atom stereocenters. The number of ether oxygens (including phenoxy) is 1. The third kappa shape index (κ3) is 1.80. The molecule has 0 atom stereocenters. The Kier molecular flexibility index (Phi) is 2.47. The number of pyridine rings is 1. The maximum Gasteiger partial charge on any atom is 0.341 e. The van der Waals surface area contributed by atoms with Gasteiger partial charge in [-0.15, -0.1) is 0 Å². The molecule has 0 radical (unpaired) electrons. The van der Waals surface area contributed by atoms with Crippen LogP contribution in [-0.4, -0.2) is 28.3 Å². The first kappa shape index (κ1) is 11.0. The molecule has 1 aromatic heterocycles. The highest BCUT2D eigenvalue weighted by molar-refractivity contribution is 5.93. The number of rotatable bonds is 2. The van der Waals surface area contributed by atoms with Crippen molar-refractivity contribution in [3.8, 4) is 11.5 Å². The minimum absolute atomic E-state index is 0.122. The standard InChI is InChI=1S/C11H9NO5/c1-17-9-4-7-5(3-8(9)13)2-6(11(15)16)10(14)12-7/h2-4,13H,1H3,(H,12,14)(H,15,16). The maximum atomic E-state index is 11.4. The van der Waals surface area contributed by atoms with E-state index in [1.54, 1.807) is 0 Å². The normalized spacial score (nSPS) is 10.4. The van der Waals surface area contributed by atoms with E-state index in [2.05, 4.69) is 4.98 Å². The summed E-state index contributed by atoms with van der Waals surface area (Å²) in [6.45, 7) is 0. The molecule has 0 aliphatic heterocycles. The van der Waals surface area contributed by atoms with Gasteiger partial charge in [0.15, 0.2) is 11.5 Å². The summed E-state index contributed by atoms with van der Waals surface area (Å²) in [6, 6.07) is 3.96. The van der Waals surface area contributed by atoms with Crippen molar-refractivity contribution in [2.24, 2.45) is 0 Å². The summed E-state index contributed by atoms with van der Waals surface area (Å²) in [7, 11) is 1.38. The predicted molar refractivity (Wildman–Crippen MR) is 59.7 cm³/mol. The average molecular weight is 235 g/mol. The van der Waals surface area contributed by atoms with Gasteiger partial charge in [-0.2, -0.15) is 0 Å². The maximum absolute atomic E-state index is 11.4. The number of H-pyrrole nitrogens is 1. The van der Waals surface area contributed by atoms with Crippen molar-refractivity contribution in [2.75, 3.05) is 7.11 Å². The van der Waals surface area contributed by atoms with Gasteiger partial charge < -0.3 is 19.9 Å². The van der Waals surface area contributed by atoms with Crippen LogP contribution < -0.4 is 10.3 Å². The fourth-order valence-electron chi connectivity index (χ4n) is 1.55. The van der Waals surface area contributed by atoms with Crippen LogP contribution in [0.5, 0.6) is 11.5 Å². The highest BCUT2D eigenvalue weighted by atomic mass is 16.5. The molecule has 0 bridgehead atoms. The molecule has 0 spiro atoms. The number of phenolic OH excluding ortho intramolecular Hbond substituents is 1. The van der Waals surface area contributed by atoms with E-state index in [9.17, 15) is 14.7 Å². The Morgan fingerprint density at radius 2 is 2.06 bits per heavy atom. The number of carboxylic acids is 1. The van der Waals surface area contributed by atoms with E-state index in [-0.39, 0.29) is 17.1 Å². The molecular formula is C11H9NO5. The van der Waals surface area contributed by atoms with Crippen molar-refractivity contribution in [3.05, 3.63) is 34.1 Å². The first-order valence-electron chi connectivity index (χ1n) is 4.70. The molecule has 0 saturated carbocycles. The summed E-state index contributed by atoms with van der Waals surface area (Å²) in [5.41, 5.74) is -0.672. The van der Waals surface area contributed by atoms with Crippen LogP contribution in [-0.2, 0) is 0 Å². The third-order valence-electron chi connectivity index (χ3n) is 2.37. The van der Waals surface area contributed by atoms with Gasteiger partial charge in [-0.1, -0.05) is 0 Å². The van der Waals surface area contributed by atoms with Crippen molar-refractivity contribution in [1.82, 2.24) is 4.98 Å². The Bertz CT molecular complexity index is 659. The molecule has 6 nitrogen and oxygen atoms in total. The van der Waals surface area contributed by atoms with Crippen LogP contribution in [0.2, 0.25) is 0 Å². The summed E-state index contributed by atoms with van der Waals surface area (Å²) < 4.78 is 4.88. The summed E-state index contributed by atoms with van der Waals surface area (Å²) in [5, 5.41) is 18.7. The lowest BCUT2D eigenvalue weighted by Gasteiger charge is -2.05. The Morgan fingerprint density at radius 1 is 1.35 bits per heavy atom. The lowest BCUT2D eigenvalue weighted by atomic mass is 10.1. The van der Waals surface area contributed by atoms with Crippen molar-refractivity contribution in [1.29, 1.82) is 0 Å². The molecule has 17 heavy (non-hydrogen) atoms. The highest BCUT2D eigenvalue weighted by Crippen LogP contribution is 2.29. The molecular weight excluding hydrogens is 226 g/mol. The molecule has 1 aromatic carbocycles. The summed E-state index contributed by atoms with van der Waals surface area (Å²) in [4.78, 5) is 24.6. The number of carboxylic acid groups (broad SMARTS) is 1. The first-order chi connectivity index (χ1) is 8.02. The number of aromatic hydroxyl groups is 1. The number of phenols is 1. The van der Waals surface area contributed by atoms with Gasteiger partial charge in [-0.05, 0) is 12.1 Å². The van der Waals surface area contributed by atoms with Crippen molar-refractivity contribution >= 4 is 16.9 Å². The topological polar surface area (TPSA) is 99.6 Å². The summed E-state index contributed by atoms with van der Waals surface area (Å²) >= 11 is 0. The number of aromatic nitrogens is 1. The minimum atomic E-state index is -1.32. The summed E-state index contributed by atoms with van der Waals surface area (Å²) in [6.07, 6.45) is 0. The van der Waals surface area contributed by atoms with E-state index in [1.807, 2.05) is 0 Å². The van der Waals surface area contributed by atoms with Crippen molar-refractivity contribution in [2.45, 2.75) is 0 Å². The molecule has 6 heteroatoms. The van der Waals surface area contributed by atoms with Gasteiger partial charge in [0.25, 0.3) is 5.56 Å². The number of benzene rings is 1. The molecule has 88 valence electrons. The Labute approximate surface area is 95.1 Å². The fraction of sp³-hybridized carbons (Fsp3) is 0.0909. The minimum Gasteiger partial charge on any atom is -0.504 e. The van der Waals surface area contributed by atoms with Crippen LogP contribution >= 0.6 is 0 Å². The van der Waals surface area contributed by atoms with Crippen LogP contribution in [0.25, 0.3) is 10.9 Å². The largest absolute Gasteiger partial charge is 0.504 e. The molecule has 1 heterocycles. The number of methoxy groups -OCH3 is 1. The van der Waals surface area contributed by atoms with Crippen LogP contribution in [0, 0.1) is 0 Å². The van der Waals surface area contributed by atoms with Gasteiger partial charge in [0.1, 0.15) is 5.56 Å². The van der Waals surface area contributed by atoms with E-state index in [0.717, 1.165) is 0 Å². The quantitative estimate of drug-likeness (QED) is 0.719. The number of fused-ring (bicyclic) bond motifs is 1. The number of hydrogen-bond donors (Lipinski definition) is 3. The van der Waals surface area contributed by atoms with Gasteiger partial charge in [0, 0.05) is 11.5 Å². The van der Waals surface area contributed by atoms with Crippen molar-refractivity contribution < 1.29 is 19.7 Å². The SMILES string of the molecule is COc1cc2[nH]c(=O)c(C(=O)O)cc2cc1O. The van der Waals surface area contributed by atoms with Gasteiger partial charge in [0.05, 0.1) is 12.6 Å². The third-order valence-corrected chi connectivity index (χ3v) is 2.37. The fourth-order valence-corrected chi connectivity index (χ4v) is 1.55. The zero-order valence-electron chi connectivity index (χ0n) is 8.85. The van der Waals surface area contributed by atoms with Crippen LogP contribution in [0.15, 0.2) is 23.0 Å². The van der Waals surface area contributed by atoms with Gasteiger partial charge in [-0.3, -0.25) is 4.79 Å². The van der Waals surface area contributed by atoms with Gasteiger partial charge >= 0.3 is 5.97 Å². The molecule has 0 aliphatic rings. The van der Waals surface area contributed by atoms with E-state index in [1.165, 1.54) is 25.3 Å². The number of hydrogen-bond acceptors (Lipinski definition) is 4.